The van der Waals surface area contributed by atoms with Crippen LogP contribution < -0.4 is 9.62 Å². The molecule has 0 radical (unpaired) electrons. The van der Waals surface area contributed by atoms with Crippen LogP contribution in [0, 0.1) is 5.82 Å². The highest BCUT2D eigenvalue weighted by Gasteiger charge is 2.33. The summed E-state index contributed by atoms with van der Waals surface area (Å²) in [5, 5.41) is 3.24. The molecule has 3 aromatic carbocycles. The van der Waals surface area contributed by atoms with E-state index >= 15 is 0 Å². The number of carbonyl (C=O) groups excluding carboxylic acids is 2. The third kappa shape index (κ3) is 7.13. The number of hydrogen-bond donors (Lipinski definition) is 1. The van der Waals surface area contributed by atoms with Gasteiger partial charge in [-0.2, -0.15) is 0 Å². The third-order valence-corrected chi connectivity index (χ3v) is 9.27. The maximum Gasteiger partial charge on any atom is 0.264 e. The van der Waals surface area contributed by atoms with Gasteiger partial charge in [0.25, 0.3) is 10.0 Å². The van der Waals surface area contributed by atoms with E-state index in [1.807, 2.05) is 0 Å². The largest absolute Gasteiger partial charge is 0.352 e. The lowest BCUT2D eigenvalue weighted by Gasteiger charge is -2.32. The molecule has 0 spiro atoms. The van der Waals surface area contributed by atoms with Gasteiger partial charge in [-0.25, -0.2) is 12.8 Å². The molecule has 7 nitrogen and oxygen atoms in total. The zero-order valence-corrected chi connectivity index (χ0v) is 24.2. The Labute approximate surface area is 243 Å². The highest BCUT2D eigenvalue weighted by atomic mass is 35.5. The third-order valence-electron chi connectivity index (χ3n) is 6.94. The van der Waals surface area contributed by atoms with Gasteiger partial charge in [0.2, 0.25) is 11.8 Å². The second-order valence-corrected chi connectivity index (χ2v) is 12.4. The number of halogens is 3. The number of hydrogen-bond acceptors (Lipinski definition) is 4. The van der Waals surface area contributed by atoms with Crippen LogP contribution >= 0.6 is 23.2 Å². The molecule has 3 aromatic rings. The maximum absolute atomic E-state index is 14.0. The number of benzene rings is 3. The highest BCUT2D eigenvalue weighted by Crippen LogP contribution is 2.28. The van der Waals surface area contributed by atoms with E-state index in [1.54, 1.807) is 49.4 Å². The maximum atomic E-state index is 14.0. The number of nitrogens with zero attached hydrogens (tertiary/aromatic N) is 2. The minimum atomic E-state index is -4.27. The summed E-state index contributed by atoms with van der Waals surface area (Å²) in [5.41, 5.74) is 0.721. The molecule has 40 heavy (non-hydrogen) atoms. The van der Waals surface area contributed by atoms with E-state index in [0.717, 1.165) is 42.1 Å². The summed E-state index contributed by atoms with van der Waals surface area (Å²) in [4.78, 5) is 28.4. The van der Waals surface area contributed by atoms with Crippen molar-refractivity contribution in [2.75, 3.05) is 10.8 Å². The zero-order valence-electron chi connectivity index (χ0n) is 21.9. The van der Waals surface area contributed by atoms with Crippen LogP contribution in [-0.2, 0) is 26.2 Å². The molecule has 2 amide bonds. The Morgan fingerprint density at radius 3 is 2.27 bits per heavy atom. The van der Waals surface area contributed by atoms with Crippen molar-refractivity contribution >= 4 is 50.7 Å². The Hall–Kier alpha value is -3.14. The average molecular weight is 607 g/mol. The fourth-order valence-corrected chi connectivity index (χ4v) is 6.38. The molecule has 1 aliphatic carbocycles. The van der Waals surface area contributed by atoms with E-state index in [9.17, 15) is 22.4 Å². The second-order valence-electron chi connectivity index (χ2n) is 9.74. The highest BCUT2D eigenvalue weighted by molar-refractivity contribution is 7.92. The van der Waals surface area contributed by atoms with E-state index in [4.69, 9.17) is 23.2 Å². The van der Waals surface area contributed by atoms with E-state index in [2.05, 4.69) is 5.32 Å². The standard InChI is InChI=1S/C29H30Cl2FN3O4S/c1-20(29(37)33-23-7-5-6-8-23)34(18-21-11-13-22(30)14-12-21)28(36)19-35(24-15-16-27(32)26(31)17-24)40(38,39)25-9-3-2-4-10-25/h2-4,9-17,20,23H,5-8,18-19H2,1H3,(H,33,37)/t20-/m1/s1. The summed E-state index contributed by atoms with van der Waals surface area (Å²) in [6.07, 6.45) is 3.80. The summed E-state index contributed by atoms with van der Waals surface area (Å²) < 4.78 is 42.3. The Morgan fingerprint density at radius 2 is 1.65 bits per heavy atom. The van der Waals surface area contributed by atoms with E-state index < -0.39 is 34.3 Å². The predicted octanol–water partition coefficient (Wildman–Crippen LogP) is 5.80. The fourth-order valence-electron chi connectivity index (χ4n) is 4.65. The number of sulfonamides is 1. The molecule has 1 atom stereocenters. The monoisotopic (exact) mass is 605 g/mol. The summed E-state index contributed by atoms with van der Waals surface area (Å²) in [7, 11) is -4.27. The van der Waals surface area contributed by atoms with Gasteiger partial charge in [-0.15, -0.1) is 0 Å². The first-order chi connectivity index (χ1) is 19.1. The first-order valence-electron chi connectivity index (χ1n) is 12.9. The number of amides is 2. The first-order valence-corrected chi connectivity index (χ1v) is 15.1. The molecule has 0 aliphatic heterocycles. The molecule has 0 saturated heterocycles. The minimum absolute atomic E-state index is 0.0121. The first kappa shape index (κ1) is 29.8. The summed E-state index contributed by atoms with van der Waals surface area (Å²) in [5.74, 6) is -1.67. The lowest BCUT2D eigenvalue weighted by molar-refractivity contribution is -0.139. The summed E-state index contributed by atoms with van der Waals surface area (Å²) >= 11 is 12.0. The Balaban J connectivity index is 1.69. The van der Waals surface area contributed by atoms with Gasteiger partial charge < -0.3 is 10.2 Å². The van der Waals surface area contributed by atoms with Gasteiger partial charge in [-0.1, -0.05) is 66.4 Å². The quantitative estimate of drug-likeness (QED) is 0.316. The van der Waals surface area contributed by atoms with E-state index in [1.165, 1.54) is 23.1 Å². The van der Waals surface area contributed by atoms with Gasteiger partial charge in [-0.05, 0) is 67.8 Å². The number of carbonyl (C=O) groups is 2. The molecule has 0 heterocycles. The zero-order chi connectivity index (χ0) is 28.9. The topological polar surface area (TPSA) is 86.8 Å². The van der Waals surface area contributed by atoms with Gasteiger partial charge in [-0.3, -0.25) is 13.9 Å². The molecule has 11 heteroatoms. The minimum Gasteiger partial charge on any atom is -0.352 e. The molecule has 0 unspecified atom stereocenters. The van der Waals surface area contributed by atoms with Gasteiger partial charge >= 0.3 is 0 Å². The molecule has 1 fully saturated rings. The van der Waals surface area contributed by atoms with Gasteiger partial charge in [0.15, 0.2) is 0 Å². The van der Waals surface area contributed by atoms with Crippen LogP contribution in [0.5, 0.6) is 0 Å². The van der Waals surface area contributed by atoms with Crippen molar-refractivity contribution in [2.24, 2.45) is 0 Å². The van der Waals surface area contributed by atoms with Crippen LogP contribution in [0.3, 0.4) is 0 Å². The van der Waals surface area contributed by atoms with Gasteiger partial charge in [0.1, 0.15) is 18.4 Å². The van der Waals surface area contributed by atoms with Gasteiger partial charge in [0.05, 0.1) is 15.6 Å². The molecule has 0 aromatic heterocycles. The van der Waals surface area contributed by atoms with Crippen molar-refractivity contribution < 1.29 is 22.4 Å². The number of anilines is 1. The van der Waals surface area contributed by atoms with Crippen molar-refractivity contribution in [1.29, 1.82) is 0 Å². The molecule has 1 aliphatic rings. The smallest absolute Gasteiger partial charge is 0.264 e. The van der Waals surface area contributed by atoms with Crippen molar-refractivity contribution in [3.05, 3.63) is 94.2 Å². The average Bonchev–Trinajstić information content (AvgIpc) is 3.46. The molecular formula is C29H30Cl2FN3O4S. The van der Waals surface area contributed by atoms with Crippen molar-refractivity contribution in [2.45, 2.75) is 56.1 Å². The van der Waals surface area contributed by atoms with Crippen LogP contribution in [0.15, 0.2) is 77.7 Å². The molecular weight excluding hydrogens is 576 g/mol. The van der Waals surface area contributed by atoms with Crippen LogP contribution in [0.4, 0.5) is 10.1 Å². The predicted molar refractivity (Wildman–Crippen MR) is 154 cm³/mol. The molecule has 4 rings (SSSR count). The normalized spacial score (nSPS) is 14.5. The number of rotatable bonds is 10. The Morgan fingerprint density at radius 1 is 1.00 bits per heavy atom. The molecule has 0 bridgehead atoms. The molecule has 212 valence electrons. The second kappa shape index (κ2) is 13.0. The Bertz CT molecular complexity index is 1450. The van der Waals surface area contributed by atoms with E-state index in [0.29, 0.717) is 10.6 Å². The van der Waals surface area contributed by atoms with E-state index in [-0.39, 0.29) is 34.1 Å². The lowest BCUT2D eigenvalue weighted by atomic mass is 10.1. The summed E-state index contributed by atoms with van der Waals surface area (Å²) in [6.45, 7) is 1.01. The SMILES string of the molecule is C[C@H](C(=O)NC1CCCC1)N(Cc1ccc(Cl)cc1)C(=O)CN(c1ccc(F)c(Cl)c1)S(=O)(=O)c1ccccc1. The number of nitrogens with one attached hydrogen (secondary N) is 1. The van der Waals surface area contributed by atoms with Crippen molar-refractivity contribution in [1.82, 2.24) is 10.2 Å². The van der Waals surface area contributed by atoms with Crippen molar-refractivity contribution in [3.8, 4) is 0 Å². The van der Waals surface area contributed by atoms with Crippen LogP contribution in [0.25, 0.3) is 0 Å². The van der Waals surface area contributed by atoms with Crippen LogP contribution in [0.1, 0.15) is 38.2 Å². The van der Waals surface area contributed by atoms with Crippen molar-refractivity contribution in [3.63, 3.8) is 0 Å². The van der Waals surface area contributed by atoms with Crippen LogP contribution in [0.2, 0.25) is 10.0 Å². The fraction of sp³-hybridized carbons (Fsp3) is 0.310. The van der Waals surface area contributed by atoms with Gasteiger partial charge in [0, 0.05) is 17.6 Å². The van der Waals surface area contributed by atoms with Crippen LogP contribution in [-0.4, -0.2) is 43.8 Å². The summed E-state index contributed by atoms with van der Waals surface area (Å²) in [6, 6.07) is 17.0. The molecule has 1 saturated carbocycles. The Kier molecular flexibility index (Phi) is 9.71. The lowest BCUT2D eigenvalue weighted by Crippen LogP contribution is -2.52. The molecule has 1 N–H and O–H groups in total.